The first-order chi connectivity index (χ1) is 13.5. The summed E-state index contributed by atoms with van der Waals surface area (Å²) in [5.41, 5.74) is 2.09. The Morgan fingerprint density at radius 3 is 2.50 bits per heavy atom. The fourth-order valence-electron chi connectivity index (χ4n) is 3.82. The lowest BCUT2D eigenvalue weighted by Crippen LogP contribution is -2.45. The molecule has 0 saturated carbocycles. The molecule has 0 radical (unpaired) electrons. The molecule has 3 rings (SSSR count). The highest BCUT2D eigenvalue weighted by Gasteiger charge is 2.31. The quantitative estimate of drug-likeness (QED) is 0.752. The molecule has 0 bridgehead atoms. The topological polar surface area (TPSA) is 32.8 Å². The molecule has 4 nitrogen and oxygen atoms in total. The average Bonchev–Trinajstić information content (AvgIpc) is 2.84. The van der Waals surface area contributed by atoms with E-state index in [4.69, 9.17) is 4.74 Å². The van der Waals surface area contributed by atoms with Crippen LogP contribution in [0, 0.1) is 11.7 Å². The largest absolute Gasteiger partial charge is 0.496 e. The van der Waals surface area contributed by atoms with Crippen LogP contribution in [0.5, 0.6) is 5.75 Å². The van der Waals surface area contributed by atoms with Gasteiger partial charge in [0.05, 0.1) is 7.11 Å². The van der Waals surface area contributed by atoms with Crippen molar-refractivity contribution in [2.24, 2.45) is 5.92 Å². The minimum absolute atomic E-state index is 0.106. The second kappa shape index (κ2) is 9.20. The zero-order valence-corrected chi connectivity index (χ0v) is 16.9. The van der Waals surface area contributed by atoms with Gasteiger partial charge in [0.1, 0.15) is 11.6 Å². The first kappa shape index (κ1) is 20.3. The predicted molar refractivity (Wildman–Crippen MR) is 108 cm³/mol. The highest BCUT2D eigenvalue weighted by molar-refractivity contribution is 5.77. The summed E-state index contributed by atoms with van der Waals surface area (Å²) in [4.78, 5) is 17.2. The number of hydrogen-bond acceptors (Lipinski definition) is 3. The second-order valence-electron chi connectivity index (χ2n) is 7.76. The first-order valence-corrected chi connectivity index (χ1v) is 9.86. The molecule has 2 aromatic carbocycles. The highest BCUT2D eigenvalue weighted by Crippen LogP contribution is 2.24. The van der Waals surface area contributed by atoms with Crippen molar-refractivity contribution >= 4 is 5.91 Å². The van der Waals surface area contributed by atoms with Crippen LogP contribution in [0.2, 0.25) is 0 Å². The molecule has 0 aliphatic carbocycles. The van der Waals surface area contributed by atoms with Gasteiger partial charge in [-0.25, -0.2) is 4.39 Å². The number of hydrogen-bond donors (Lipinski definition) is 0. The number of carbonyl (C=O) groups is 1. The van der Waals surface area contributed by atoms with Crippen molar-refractivity contribution in [3.05, 3.63) is 65.5 Å². The fraction of sp³-hybridized carbons (Fsp3) is 0.435. The average molecular weight is 384 g/mol. The highest BCUT2D eigenvalue weighted by atomic mass is 19.1. The number of rotatable bonds is 6. The number of methoxy groups -OCH3 is 1. The molecular weight excluding hydrogens is 355 g/mol. The molecule has 1 unspecified atom stereocenters. The summed E-state index contributed by atoms with van der Waals surface area (Å²) in [7, 11) is 1.69. The Morgan fingerprint density at radius 2 is 1.82 bits per heavy atom. The van der Waals surface area contributed by atoms with Crippen LogP contribution in [0.25, 0.3) is 0 Å². The molecule has 1 fully saturated rings. The molecule has 1 amide bonds. The Kier molecular flexibility index (Phi) is 6.68. The van der Waals surface area contributed by atoms with Gasteiger partial charge in [-0.15, -0.1) is 0 Å². The van der Waals surface area contributed by atoms with Gasteiger partial charge < -0.3 is 9.64 Å². The molecule has 2 aromatic rings. The molecule has 150 valence electrons. The van der Waals surface area contributed by atoms with E-state index < -0.39 is 0 Å². The van der Waals surface area contributed by atoms with E-state index >= 15 is 0 Å². The van der Waals surface area contributed by atoms with E-state index in [1.807, 2.05) is 23.1 Å². The van der Waals surface area contributed by atoms with Gasteiger partial charge in [0.25, 0.3) is 0 Å². The maximum absolute atomic E-state index is 13.2. The third-order valence-corrected chi connectivity index (χ3v) is 5.43. The molecule has 1 heterocycles. The van der Waals surface area contributed by atoms with E-state index in [1.165, 1.54) is 12.1 Å². The molecule has 28 heavy (non-hydrogen) atoms. The molecule has 5 heteroatoms. The second-order valence-corrected chi connectivity index (χ2v) is 7.76. The molecule has 1 aliphatic rings. The summed E-state index contributed by atoms with van der Waals surface area (Å²) < 4.78 is 18.7. The van der Waals surface area contributed by atoms with E-state index in [1.54, 1.807) is 19.2 Å². The molecule has 0 aromatic heterocycles. The standard InChI is InChI=1S/C23H29FN2O2/c1-17(2)21-16-25(15-19-6-4-5-7-22(19)28-3)13-12-23(27)26(21)14-18-8-10-20(24)11-9-18/h4-11,17,21H,12-16H2,1-3H3. The van der Waals surface area contributed by atoms with Gasteiger partial charge in [-0.3, -0.25) is 9.69 Å². The summed E-state index contributed by atoms with van der Waals surface area (Å²) in [5.74, 6) is 1.10. The van der Waals surface area contributed by atoms with Crippen LogP contribution in [0.1, 0.15) is 31.4 Å². The number of para-hydroxylation sites is 1. The van der Waals surface area contributed by atoms with Crippen molar-refractivity contribution in [3.63, 3.8) is 0 Å². The monoisotopic (exact) mass is 384 g/mol. The zero-order valence-electron chi connectivity index (χ0n) is 16.9. The van der Waals surface area contributed by atoms with Gasteiger partial charge in [-0.05, 0) is 29.7 Å². The normalized spacial score (nSPS) is 18.4. The van der Waals surface area contributed by atoms with Gasteiger partial charge in [0, 0.05) is 44.2 Å². The Hall–Kier alpha value is -2.40. The van der Waals surface area contributed by atoms with Crippen molar-refractivity contribution in [1.82, 2.24) is 9.80 Å². The van der Waals surface area contributed by atoms with Crippen LogP contribution >= 0.6 is 0 Å². The van der Waals surface area contributed by atoms with Crippen LogP contribution in [-0.2, 0) is 17.9 Å². The van der Waals surface area contributed by atoms with E-state index in [-0.39, 0.29) is 17.8 Å². The summed E-state index contributed by atoms with van der Waals surface area (Å²) in [6, 6.07) is 14.6. The van der Waals surface area contributed by atoms with E-state index in [0.29, 0.717) is 18.9 Å². The molecule has 1 aliphatic heterocycles. The zero-order chi connectivity index (χ0) is 20.1. The van der Waals surface area contributed by atoms with Crippen molar-refractivity contribution in [3.8, 4) is 5.75 Å². The summed E-state index contributed by atoms with van der Waals surface area (Å²) in [5, 5.41) is 0. The lowest BCUT2D eigenvalue weighted by atomic mass is 10.0. The fourth-order valence-corrected chi connectivity index (χ4v) is 3.82. The van der Waals surface area contributed by atoms with Crippen molar-refractivity contribution in [1.29, 1.82) is 0 Å². The van der Waals surface area contributed by atoms with Crippen LogP contribution in [0.4, 0.5) is 4.39 Å². The number of amides is 1. The predicted octanol–water partition coefficient (Wildman–Crippen LogP) is 4.09. The van der Waals surface area contributed by atoms with Crippen LogP contribution in [-0.4, -0.2) is 41.9 Å². The van der Waals surface area contributed by atoms with Gasteiger partial charge >= 0.3 is 0 Å². The van der Waals surface area contributed by atoms with Gasteiger partial charge in [0.15, 0.2) is 0 Å². The lowest BCUT2D eigenvalue weighted by molar-refractivity contribution is -0.134. The molecule has 0 N–H and O–H groups in total. The SMILES string of the molecule is COc1ccccc1CN1CCC(=O)N(Cc2ccc(F)cc2)C(C(C)C)C1. The van der Waals surface area contributed by atoms with Crippen LogP contribution in [0.3, 0.4) is 0 Å². The van der Waals surface area contributed by atoms with Crippen molar-refractivity contribution < 1.29 is 13.9 Å². The van der Waals surface area contributed by atoms with E-state index in [9.17, 15) is 9.18 Å². The number of halogens is 1. The lowest BCUT2D eigenvalue weighted by Gasteiger charge is -2.35. The third-order valence-electron chi connectivity index (χ3n) is 5.43. The van der Waals surface area contributed by atoms with E-state index in [2.05, 4.69) is 24.8 Å². The maximum atomic E-state index is 13.2. The minimum Gasteiger partial charge on any atom is -0.496 e. The molecule has 1 saturated heterocycles. The Labute approximate surface area is 166 Å². The van der Waals surface area contributed by atoms with Crippen molar-refractivity contribution in [2.45, 2.75) is 39.4 Å². The van der Waals surface area contributed by atoms with Crippen LogP contribution in [0.15, 0.2) is 48.5 Å². The summed E-state index contributed by atoms with van der Waals surface area (Å²) in [6.07, 6.45) is 0.486. The Bertz CT molecular complexity index is 791. The van der Waals surface area contributed by atoms with Gasteiger partial charge in [-0.1, -0.05) is 44.2 Å². The van der Waals surface area contributed by atoms with Gasteiger partial charge in [0.2, 0.25) is 5.91 Å². The van der Waals surface area contributed by atoms with E-state index in [0.717, 1.165) is 36.5 Å². The van der Waals surface area contributed by atoms with Gasteiger partial charge in [-0.2, -0.15) is 0 Å². The molecule has 1 atom stereocenters. The molecular formula is C23H29FN2O2. The number of carbonyl (C=O) groups excluding carboxylic acids is 1. The summed E-state index contributed by atoms with van der Waals surface area (Å²) >= 11 is 0. The minimum atomic E-state index is -0.255. The Balaban J connectivity index is 1.78. The number of ether oxygens (including phenoxy) is 1. The molecule has 0 spiro atoms. The number of benzene rings is 2. The Morgan fingerprint density at radius 1 is 1.11 bits per heavy atom. The van der Waals surface area contributed by atoms with Crippen molar-refractivity contribution in [2.75, 3.05) is 20.2 Å². The maximum Gasteiger partial charge on any atom is 0.224 e. The third kappa shape index (κ3) is 4.90. The number of nitrogens with zero attached hydrogens (tertiary/aromatic N) is 2. The summed E-state index contributed by atoms with van der Waals surface area (Å²) in [6.45, 7) is 7.11. The van der Waals surface area contributed by atoms with Crippen LogP contribution < -0.4 is 4.74 Å². The first-order valence-electron chi connectivity index (χ1n) is 9.86. The smallest absolute Gasteiger partial charge is 0.224 e.